The quantitative estimate of drug-likeness (QED) is 0.585. The van der Waals surface area contributed by atoms with Crippen molar-refractivity contribution in [3.05, 3.63) is 21.8 Å². The van der Waals surface area contributed by atoms with Gasteiger partial charge in [-0.1, -0.05) is 11.6 Å². The van der Waals surface area contributed by atoms with Gasteiger partial charge >= 0.3 is 0 Å². The van der Waals surface area contributed by atoms with Crippen molar-refractivity contribution in [2.45, 2.75) is 6.42 Å². The summed E-state index contributed by atoms with van der Waals surface area (Å²) in [7, 11) is 0. The summed E-state index contributed by atoms with van der Waals surface area (Å²) in [6.45, 7) is 0.0971. The third-order valence-corrected chi connectivity index (χ3v) is 3.19. The first-order valence-corrected chi connectivity index (χ1v) is 5.39. The molecule has 0 N–H and O–H groups in total. The van der Waals surface area contributed by atoms with Gasteiger partial charge in [0.15, 0.2) is 5.78 Å². The first-order valence-electron chi connectivity index (χ1n) is 4.22. The second-order valence-corrected chi connectivity index (χ2v) is 4.30. The molecular formula is C9H6BrClN2O2. The van der Waals surface area contributed by atoms with Crippen molar-refractivity contribution in [1.29, 1.82) is 0 Å². The summed E-state index contributed by atoms with van der Waals surface area (Å²) < 4.78 is 0.466. The zero-order valence-electron chi connectivity index (χ0n) is 7.54. The number of carbonyl (C=O) groups excluding carboxylic acids is 2. The highest BCUT2D eigenvalue weighted by atomic mass is 79.9. The molecule has 0 bridgehead atoms. The first kappa shape index (κ1) is 10.6. The van der Waals surface area contributed by atoms with Gasteiger partial charge in [-0.25, -0.2) is 4.98 Å². The summed E-state index contributed by atoms with van der Waals surface area (Å²) in [5, 5.41) is 0.469. The number of Topliss-reactive ketones (excluding diaryl/α,β-unsaturated/α-hetero) is 1. The molecule has 1 aromatic heterocycles. The van der Waals surface area contributed by atoms with Crippen LogP contribution in [0.25, 0.3) is 0 Å². The number of halogens is 2. The van der Waals surface area contributed by atoms with Crippen LogP contribution in [-0.2, 0) is 9.59 Å². The third-order valence-electron chi connectivity index (χ3n) is 2.05. The average Bonchev–Trinajstić information content (AvgIpc) is 2.50. The fraction of sp³-hybridized carbons (Fsp3) is 0.222. The van der Waals surface area contributed by atoms with Crippen LogP contribution in [0.15, 0.2) is 16.7 Å². The number of anilines is 1. The predicted molar refractivity (Wildman–Crippen MR) is 58.9 cm³/mol. The van der Waals surface area contributed by atoms with Crippen molar-refractivity contribution < 1.29 is 9.59 Å². The van der Waals surface area contributed by atoms with Gasteiger partial charge in [0.2, 0.25) is 5.91 Å². The van der Waals surface area contributed by atoms with Crippen LogP contribution in [0.1, 0.15) is 6.42 Å². The molecule has 4 nitrogen and oxygen atoms in total. The molecule has 1 aromatic rings. The number of aromatic nitrogens is 1. The van der Waals surface area contributed by atoms with Crippen molar-refractivity contribution in [2.75, 3.05) is 11.4 Å². The van der Waals surface area contributed by atoms with E-state index in [1.54, 1.807) is 12.1 Å². The summed E-state index contributed by atoms with van der Waals surface area (Å²) in [4.78, 5) is 27.9. The molecule has 0 atom stereocenters. The Hall–Kier alpha value is -0.940. The lowest BCUT2D eigenvalue weighted by molar-refractivity contribution is -0.121. The molecule has 0 radical (unpaired) electrons. The molecule has 1 amide bonds. The minimum Gasteiger partial charge on any atom is -0.297 e. The van der Waals surface area contributed by atoms with Gasteiger partial charge in [-0.15, -0.1) is 0 Å². The molecule has 0 aliphatic carbocycles. The Morgan fingerprint density at radius 3 is 2.67 bits per heavy atom. The van der Waals surface area contributed by atoms with Gasteiger partial charge in [0.25, 0.3) is 0 Å². The molecule has 0 spiro atoms. The van der Waals surface area contributed by atoms with Crippen LogP contribution in [-0.4, -0.2) is 23.2 Å². The Morgan fingerprint density at radius 1 is 1.40 bits per heavy atom. The van der Waals surface area contributed by atoms with E-state index in [4.69, 9.17) is 11.6 Å². The van der Waals surface area contributed by atoms with E-state index in [2.05, 4.69) is 20.9 Å². The van der Waals surface area contributed by atoms with E-state index in [0.717, 1.165) is 0 Å². The molecule has 1 fully saturated rings. The number of ketones is 1. The lowest BCUT2D eigenvalue weighted by Gasteiger charge is -2.13. The minimum atomic E-state index is -0.221. The molecule has 2 heterocycles. The fourth-order valence-electron chi connectivity index (χ4n) is 1.35. The molecule has 0 aromatic carbocycles. The van der Waals surface area contributed by atoms with E-state index in [1.807, 2.05) is 0 Å². The molecule has 1 aliphatic heterocycles. The Kier molecular flexibility index (Phi) is 2.75. The van der Waals surface area contributed by atoms with Crippen LogP contribution in [0, 0.1) is 0 Å². The number of pyridine rings is 1. The van der Waals surface area contributed by atoms with Gasteiger partial charge in [0, 0.05) is 0 Å². The van der Waals surface area contributed by atoms with Gasteiger partial charge in [0.1, 0.15) is 10.4 Å². The minimum absolute atomic E-state index is 0.0398. The molecule has 1 aliphatic rings. The molecule has 6 heteroatoms. The van der Waals surface area contributed by atoms with Gasteiger partial charge in [-0.3, -0.25) is 14.5 Å². The van der Waals surface area contributed by atoms with E-state index in [1.165, 1.54) is 4.90 Å². The smallest absolute Gasteiger partial charge is 0.236 e. The van der Waals surface area contributed by atoms with E-state index in [0.29, 0.717) is 15.4 Å². The Morgan fingerprint density at radius 2 is 2.13 bits per heavy atom. The van der Waals surface area contributed by atoms with Crippen LogP contribution >= 0.6 is 27.5 Å². The van der Waals surface area contributed by atoms with Crippen LogP contribution in [0.5, 0.6) is 0 Å². The highest BCUT2D eigenvalue weighted by molar-refractivity contribution is 9.10. The second-order valence-electron chi connectivity index (χ2n) is 3.14. The number of nitrogens with zero attached hydrogens (tertiary/aromatic N) is 2. The van der Waals surface area contributed by atoms with E-state index >= 15 is 0 Å². The highest BCUT2D eigenvalue weighted by Gasteiger charge is 2.29. The zero-order valence-corrected chi connectivity index (χ0v) is 9.88. The van der Waals surface area contributed by atoms with E-state index in [9.17, 15) is 9.59 Å². The van der Waals surface area contributed by atoms with Gasteiger partial charge in [0.05, 0.1) is 18.0 Å². The molecule has 0 saturated carbocycles. The standard InChI is InChI=1S/C9H6BrClN2O2/c10-9-6(11)1-2-7(12-9)13-4-5(14)3-8(13)15/h1-2H,3-4H2. The topological polar surface area (TPSA) is 50.3 Å². The summed E-state index contributed by atoms with van der Waals surface area (Å²) in [6.07, 6.45) is -0.0398. The fourth-order valence-corrected chi connectivity index (χ4v) is 1.77. The number of amides is 1. The molecule has 2 rings (SSSR count). The van der Waals surface area contributed by atoms with Crippen molar-refractivity contribution in [1.82, 2.24) is 4.98 Å². The molecule has 78 valence electrons. The maximum atomic E-state index is 11.4. The zero-order chi connectivity index (χ0) is 11.0. The largest absolute Gasteiger partial charge is 0.297 e. The maximum absolute atomic E-state index is 11.4. The monoisotopic (exact) mass is 288 g/mol. The SMILES string of the molecule is O=C1CC(=O)N(c2ccc(Cl)c(Br)n2)C1. The summed E-state index contributed by atoms with van der Waals surface area (Å²) in [5.41, 5.74) is 0. The van der Waals surface area contributed by atoms with Crippen molar-refractivity contribution in [3.63, 3.8) is 0 Å². The van der Waals surface area contributed by atoms with Crippen molar-refractivity contribution in [2.24, 2.45) is 0 Å². The Labute approximate surface area is 99.4 Å². The van der Waals surface area contributed by atoms with Gasteiger partial charge in [-0.2, -0.15) is 0 Å². The Bertz CT molecular complexity index is 450. The molecule has 1 saturated heterocycles. The number of hydrogen-bond donors (Lipinski definition) is 0. The Balaban J connectivity index is 2.34. The van der Waals surface area contributed by atoms with Crippen molar-refractivity contribution >= 4 is 45.0 Å². The molecule has 15 heavy (non-hydrogen) atoms. The van der Waals surface area contributed by atoms with Crippen molar-refractivity contribution in [3.8, 4) is 0 Å². The van der Waals surface area contributed by atoms with Crippen LogP contribution in [0.4, 0.5) is 5.82 Å². The highest BCUT2D eigenvalue weighted by Crippen LogP contribution is 2.25. The number of carbonyl (C=O) groups is 2. The van der Waals surface area contributed by atoms with E-state index < -0.39 is 0 Å². The average molecular weight is 290 g/mol. The van der Waals surface area contributed by atoms with E-state index in [-0.39, 0.29) is 24.7 Å². The predicted octanol–water partition coefficient (Wildman–Crippen LogP) is 1.80. The summed E-state index contributed by atoms with van der Waals surface area (Å²) in [6, 6.07) is 3.24. The van der Waals surface area contributed by atoms with Gasteiger partial charge < -0.3 is 0 Å². The van der Waals surface area contributed by atoms with Gasteiger partial charge in [-0.05, 0) is 28.1 Å². The molecular weight excluding hydrogens is 283 g/mol. The second kappa shape index (κ2) is 3.90. The first-order chi connectivity index (χ1) is 7.08. The third kappa shape index (κ3) is 2.03. The van der Waals surface area contributed by atoms with Crippen LogP contribution < -0.4 is 4.90 Å². The summed E-state index contributed by atoms with van der Waals surface area (Å²) >= 11 is 8.93. The molecule has 0 unspecified atom stereocenters. The lowest BCUT2D eigenvalue weighted by Crippen LogP contribution is -2.25. The van der Waals surface area contributed by atoms with Crippen LogP contribution in [0.3, 0.4) is 0 Å². The lowest BCUT2D eigenvalue weighted by atomic mass is 10.3. The summed E-state index contributed by atoms with van der Waals surface area (Å²) in [5.74, 6) is 0.136. The maximum Gasteiger partial charge on any atom is 0.236 e. The number of rotatable bonds is 1. The van der Waals surface area contributed by atoms with Crippen LogP contribution in [0.2, 0.25) is 5.02 Å². The number of hydrogen-bond acceptors (Lipinski definition) is 3. The normalized spacial score (nSPS) is 16.3.